The van der Waals surface area contributed by atoms with Gasteiger partial charge in [-0.25, -0.2) is 19.9 Å². The van der Waals surface area contributed by atoms with Crippen LogP contribution in [0.3, 0.4) is 0 Å². The molecule has 47 heavy (non-hydrogen) atoms. The molecule has 1 aliphatic heterocycles. The number of hydrogen-bond acceptors (Lipinski definition) is 8. The van der Waals surface area contributed by atoms with Crippen molar-refractivity contribution >= 4 is 34.0 Å². The Balaban J connectivity index is 1.21. The van der Waals surface area contributed by atoms with Gasteiger partial charge in [0, 0.05) is 50.3 Å². The molecule has 0 spiro atoms. The van der Waals surface area contributed by atoms with Crippen molar-refractivity contribution in [1.29, 1.82) is 0 Å². The number of imidazole rings is 1. The van der Waals surface area contributed by atoms with Gasteiger partial charge in [-0.05, 0) is 60.8 Å². The molecule has 238 valence electrons. The standard InChI is InChI=1S/C36H37N9O2/c1-23-26(7-6-8-31(23)45-22-39-29-19-24(36(2,3)4)9-11-27(29)34(45)46)30-21-44-14-13-37-33(44)32(41-30)40-25-10-12-28(38-20-25)35(47)43-17-15-42(5)16-18-43/h6-14,19-22H,15-18H2,1-5H3,(H,40,41). The van der Waals surface area contributed by atoms with Crippen molar-refractivity contribution in [2.75, 3.05) is 38.5 Å². The number of benzene rings is 2. The number of nitrogens with zero attached hydrogens (tertiary/aromatic N) is 8. The third kappa shape index (κ3) is 5.74. The molecule has 0 radical (unpaired) electrons. The molecule has 1 fully saturated rings. The third-order valence-electron chi connectivity index (χ3n) is 8.88. The summed E-state index contributed by atoms with van der Waals surface area (Å²) in [4.78, 5) is 49.4. The number of nitrogens with one attached hydrogen (secondary N) is 1. The van der Waals surface area contributed by atoms with Crippen LogP contribution in [-0.4, -0.2) is 77.8 Å². The summed E-state index contributed by atoms with van der Waals surface area (Å²) in [6, 6.07) is 15.3. The van der Waals surface area contributed by atoms with E-state index in [-0.39, 0.29) is 16.9 Å². The first kappa shape index (κ1) is 30.2. The van der Waals surface area contributed by atoms with E-state index in [9.17, 15) is 9.59 Å². The second-order valence-corrected chi connectivity index (χ2v) is 13.1. The summed E-state index contributed by atoms with van der Waals surface area (Å²) in [6.45, 7) is 11.5. The number of pyridine rings is 1. The number of piperazine rings is 1. The van der Waals surface area contributed by atoms with E-state index >= 15 is 0 Å². The number of carbonyl (C=O) groups excluding carboxylic acids is 1. The molecule has 1 N–H and O–H groups in total. The smallest absolute Gasteiger partial charge is 0.272 e. The zero-order valence-electron chi connectivity index (χ0n) is 27.2. The number of aromatic nitrogens is 6. The van der Waals surface area contributed by atoms with E-state index in [2.05, 4.69) is 53.0 Å². The van der Waals surface area contributed by atoms with Gasteiger partial charge in [-0.1, -0.05) is 39.0 Å². The van der Waals surface area contributed by atoms with E-state index in [0.717, 1.165) is 35.5 Å². The minimum atomic E-state index is -0.127. The lowest BCUT2D eigenvalue weighted by molar-refractivity contribution is 0.0658. The number of fused-ring (bicyclic) bond motifs is 2. The fourth-order valence-corrected chi connectivity index (χ4v) is 5.97. The molecule has 5 heterocycles. The summed E-state index contributed by atoms with van der Waals surface area (Å²) in [5, 5.41) is 3.92. The number of likely N-dealkylation sites (N-methyl/N-ethyl adjacent to an activating group) is 1. The van der Waals surface area contributed by atoms with Gasteiger partial charge in [0.1, 0.15) is 12.0 Å². The van der Waals surface area contributed by atoms with Crippen LogP contribution in [0.15, 0.2) is 84.4 Å². The van der Waals surface area contributed by atoms with E-state index in [0.29, 0.717) is 52.5 Å². The van der Waals surface area contributed by atoms with Crippen LogP contribution in [0.4, 0.5) is 11.5 Å². The number of anilines is 2. The van der Waals surface area contributed by atoms with Crippen molar-refractivity contribution in [1.82, 2.24) is 38.7 Å². The van der Waals surface area contributed by atoms with E-state index in [1.54, 1.807) is 29.4 Å². The molecule has 11 nitrogen and oxygen atoms in total. The number of rotatable bonds is 5. The molecule has 0 unspecified atom stereocenters. The average molecular weight is 628 g/mol. The van der Waals surface area contributed by atoms with Gasteiger partial charge in [0.2, 0.25) is 0 Å². The summed E-state index contributed by atoms with van der Waals surface area (Å²) < 4.78 is 3.51. The molecule has 1 amide bonds. The Hall–Kier alpha value is -5.42. The predicted octanol–water partition coefficient (Wildman–Crippen LogP) is 5.23. The highest BCUT2D eigenvalue weighted by molar-refractivity contribution is 5.92. The van der Waals surface area contributed by atoms with Crippen molar-refractivity contribution < 1.29 is 4.79 Å². The normalized spacial score (nSPS) is 14.2. The molecule has 2 aromatic carbocycles. The van der Waals surface area contributed by atoms with Gasteiger partial charge in [0.05, 0.1) is 34.2 Å². The summed E-state index contributed by atoms with van der Waals surface area (Å²) in [6.07, 6.45) is 8.76. The molecular weight excluding hydrogens is 590 g/mol. The van der Waals surface area contributed by atoms with E-state index in [1.807, 2.05) is 71.1 Å². The van der Waals surface area contributed by atoms with Crippen LogP contribution in [0, 0.1) is 6.92 Å². The average Bonchev–Trinajstić information content (AvgIpc) is 3.54. The fraction of sp³-hybridized carbons (Fsp3) is 0.278. The molecule has 1 saturated heterocycles. The molecule has 6 aromatic rings. The molecule has 0 saturated carbocycles. The maximum absolute atomic E-state index is 13.7. The molecule has 7 rings (SSSR count). The quantitative estimate of drug-likeness (QED) is 0.277. The highest BCUT2D eigenvalue weighted by Gasteiger charge is 2.22. The monoisotopic (exact) mass is 627 g/mol. The Bertz CT molecular complexity index is 2190. The third-order valence-corrected chi connectivity index (χ3v) is 8.88. The van der Waals surface area contributed by atoms with Crippen LogP contribution in [0.2, 0.25) is 0 Å². The summed E-state index contributed by atoms with van der Waals surface area (Å²) >= 11 is 0. The van der Waals surface area contributed by atoms with E-state index < -0.39 is 0 Å². The molecule has 11 heteroatoms. The van der Waals surface area contributed by atoms with E-state index in [4.69, 9.17) is 4.98 Å². The molecule has 0 bridgehead atoms. The van der Waals surface area contributed by atoms with Crippen molar-refractivity contribution in [3.63, 3.8) is 0 Å². The van der Waals surface area contributed by atoms with Crippen LogP contribution < -0.4 is 10.9 Å². The summed E-state index contributed by atoms with van der Waals surface area (Å²) in [5.41, 5.74) is 6.55. The molecule has 1 aliphatic rings. The molecule has 0 aliphatic carbocycles. The second kappa shape index (κ2) is 11.7. The Morgan fingerprint density at radius 3 is 2.51 bits per heavy atom. The SMILES string of the molecule is Cc1c(-c2cn3ccnc3c(Nc3ccc(C(=O)N4CCN(C)CC4)nc3)n2)cccc1-n1cnc2cc(C(C)(C)C)ccc2c1=O. The van der Waals surface area contributed by atoms with Crippen molar-refractivity contribution in [2.24, 2.45) is 0 Å². The lowest BCUT2D eigenvalue weighted by atomic mass is 9.86. The van der Waals surface area contributed by atoms with Crippen LogP contribution in [0.1, 0.15) is 42.4 Å². The van der Waals surface area contributed by atoms with Crippen LogP contribution >= 0.6 is 0 Å². The molecule has 4 aromatic heterocycles. The number of hydrogen-bond donors (Lipinski definition) is 1. The van der Waals surface area contributed by atoms with Crippen LogP contribution in [-0.2, 0) is 5.41 Å². The Morgan fingerprint density at radius 2 is 1.77 bits per heavy atom. The Labute approximate surface area is 272 Å². The van der Waals surface area contributed by atoms with Gasteiger partial charge < -0.3 is 19.5 Å². The number of carbonyl (C=O) groups is 1. The Morgan fingerprint density at radius 1 is 0.957 bits per heavy atom. The lowest BCUT2D eigenvalue weighted by Crippen LogP contribution is -2.47. The van der Waals surface area contributed by atoms with Gasteiger partial charge in [-0.3, -0.25) is 14.2 Å². The summed E-state index contributed by atoms with van der Waals surface area (Å²) in [7, 11) is 2.06. The molecular formula is C36H37N9O2. The molecule has 0 atom stereocenters. The number of amides is 1. The summed E-state index contributed by atoms with van der Waals surface area (Å²) in [5.74, 6) is 0.475. The van der Waals surface area contributed by atoms with Gasteiger partial charge in [-0.15, -0.1) is 0 Å². The highest BCUT2D eigenvalue weighted by Crippen LogP contribution is 2.30. The van der Waals surface area contributed by atoms with E-state index in [1.165, 1.54) is 0 Å². The minimum Gasteiger partial charge on any atom is -0.336 e. The Kier molecular flexibility index (Phi) is 7.56. The van der Waals surface area contributed by atoms with Gasteiger partial charge >= 0.3 is 0 Å². The van der Waals surface area contributed by atoms with Gasteiger partial charge in [0.15, 0.2) is 11.5 Å². The van der Waals surface area contributed by atoms with Crippen molar-refractivity contribution in [2.45, 2.75) is 33.1 Å². The minimum absolute atomic E-state index is 0.0453. The van der Waals surface area contributed by atoms with Gasteiger partial charge in [0.25, 0.3) is 11.5 Å². The maximum atomic E-state index is 13.7. The fourth-order valence-electron chi connectivity index (χ4n) is 5.97. The van der Waals surface area contributed by atoms with Crippen molar-refractivity contribution in [3.8, 4) is 16.9 Å². The highest BCUT2D eigenvalue weighted by atomic mass is 16.2. The first-order valence-corrected chi connectivity index (χ1v) is 15.7. The predicted molar refractivity (Wildman–Crippen MR) is 184 cm³/mol. The topological polar surface area (TPSA) is 114 Å². The van der Waals surface area contributed by atoms with Gasteiger partial charge in [-0.2, -0.15) is 0 Å². The first-order valence-electron chi connectivity index (χ1n) is 15.7. The largest absolute Gasteiger partial charge is 0.336 e. The van der Waals surface area contributed by atoms with Crippen LogP contribution in [0.5, 0.6) is 0 Å². The van der Waals surface area contributed by atoms with Crippen LogP contribution in [0.25, 0.3) is 33.5 Å². The first-order chi connectivity index (χ1) is 22.6. The lowest BCUT2D eigenvalue weighted by Gasteiger charge is -2.32. The zero-order valence-corrected chi connectivity index (χ0v) is 27.2. The second-order valence-electron chi connectivity index (χ2n) is 13.1. The maximum Gasteiger partial charge on any atom is 0.272 e. The van der Waals surface area contributed by atoms with Crippen molar-refractivity contribution in [3.05, 3.63) is 107 Å². The zero-order chi connectivity index (χ0) is 32.9.